The molecule has 1 saturated carbocycles. The van der Waals surface area contributed by atoms with Crippen LogP contribution < -0.4 is 5.32 Å². The van der Waals surface area contributed by atoms with Gasteiger partial charge in [-0.05, 0) is 63.4 Å². The van der Waals surface area contributed by atoms with Crippen molar-refractivity contribution in [3.05, 3.63) is 35.9 Å². The number of nitrogens with zero attached hydrogens (tertiary/aromatic N) is 1. The van der Waals surface area contributed by atoms with Gasteiger partial charge >= 0.3 is 6.09 Å². The molecule has 0 radical (unpaired) electrons. The lowest BCUT2D eigenvalue weighted by Gasteiger charge is -2.34. The molecular formula is C66H122N2O2. The molecule has 1 aromatic rings. The second-order valence-corrected chi connectivity index (χ2v) is 25.0. The molecule has 1 aliphatic heterocycles. The molecular weight excluding hydrogens is 853 g/mol. The summed E-state index contributed by atoms with van der Waals surface area (Å²) in [4.78, 5) is 16.0. The van der Waals surface area contributed by atoms with Crippen LogP contribution in [-0.2, 0) is 11.3 Å². The van der Waals surface area contributed by atoms with Crippen molar-refractivity contribution in [3.63, 3.8) is 0 Å². The van der Waals surface area contributed by atoms with E-state index < -0.39 is 5.60 Å². The third-order valence-electron chi connectivity index (χ3n) is 16.7. The molecule has 0 aromatic heterocycles. The maximum Gasteiger partial charge on any atom is 0.407 e. The summed E-state index contributed by atoms with van der Waals surface area (Å²) in [7, 11) is 0. The first-order valence-electron chi connectivity index (χ1n) is 32.0. The van der Waals surface area contributed by atoms with Gasteiger partial charge in [-0.1, -0.05) is 320 Å². The van der Waals surface area contributed by atoms with Gasteiger partial charge in [-0.25, -0.2) is 4.79 Å². The molecule has 2 aliphatic rings. The number of ether oxygens (including phenoxy) is 1. The monoisotopic (exact) mass is 975 g/mol. The molecule has 1 spiro atoms. The summed E-state index contributed by atoms with van der Waals surface area (Å²) in [6.45, 7) is 11.3. The molecule has 4 nitrogen and oxygen atoms in total. The number of hydrogen-bond acceptors (Lipinski definition) is 3. The molecule has 1 aromatic carbocycles. The van der Waals surface area contributed by atoms with E-state index in [0.717, 1.165) is 26.1 Å². The van der Waals surface area contributed by atoms with Crippen LogP contribution in [0.5, 0.6) is 0 Å². The van der Waals surface area contributed by atoms with E-state index in [9.17, 15) is 4.79 Å². The zero-order valence-electron chi connectivity index (χ0n) is 47.9. The highest BCUT2D eigenvalue weighted by Gasteiger charge is 2.43. The van der Waals surface area contributed by atoms with Crippen LogP contribution in [-0.4, -0.2) is 35.7 Å². The molecule has 1 saturated heterocycles. The van der Waals surface area contributed by atoms with Gasteiger partial charge in [-0.3, -0.25) is 4.90 Å². The summed E-state index contributed by atoms with van der Waals surface area (Å²) in [5.41, 5.74) is 1.33. The summed E-state index contributed by atoms with van der Waals surface area (Å²) in [5.74, 6) is 0.400. The number of carbonyl (C=O) groups is 1. The first kappa shape index (κ1) is 62.7. The third-order valence-corrected chi connectivity index (χ3v) is 16.7. The average Bonchev–Trinajstić information content (AvgIpc) is 4.10. The van der Waals surface area contributed by atoms with Gasteiger partial charge in [0.25, 0.3) is 0 Å². The van der Waals surface area contributed by atoms with Gasteiger partial charge in [0.15, 0.2) is 0 Å². The van der Waals surface area contributed by atoms with E-state index in [1.54, 1.807) is 0 Å². The van der Waals surface area contributed by atoms with Gasteiger partial charge in [0.1, 0.15) is 5.60 Å². The average molecular weight is 976 g/mol. The molecule has 0 bridgehead atoms. The fourth-order valence-electron chi connectivity index (χ4n) is 11.9. The van der Waals surface area contributed by atoms with E-state index in [0.29, 0.717) is 11.3 Å². The number of alkyl carbamates (subject to hydrolysis) is 1. The van der Waals surface area contributed by atoms with Gasteiger partial charge in [0.05, 0.1) is 0 Å². The zero-order valence-corrected chi connectivity index (χ0v) is 47.9. The van der Waals surface area contributed by atoms with Gasteiger partial charge < -0.3 is 10.1 Å². The number of rotatable bonds is 3. The summed E-state index contributed by atoms with van der Waals surface area (Å²) >= 11 is 0. The minimum Gasteiger partial charge on any atom is -0.444 e. The summed E-state index contributed by atoms with van der Waals surface area (Å²) < 4.78 is 5.87. The van der Waals surface area contributed by atoms with Gasteiger partial charge in [-0.15, -0.1) is 0 Å². The van der Waals surface area contributed by atoms with Crippen LogP contribution in [0.15, 0.2) is 30.3 Å². The highest BCUT2D eigenvalue weighted by atomic mass is 16.6. The summed E-state index contributed by atoms with van der Waals surface area (Å²) in [6, 6.07) is 11.1. The molecule has 408 valence electrons. The predicted octanol–water partition coefficient (Wildman–Crippen LogP) is 21.8. The molecule has 70 heavy (non-hydrogen) atoms. The van der Waals surface area contributed by atoms with Crippen molar-refractivity contribution in [2.45, 2.75) is 354 Å². The fraction of sp³-hybridized carbons (Fsp3) is 0.894. The van der Waals surface area contributed by atoms with Crippen molar-refractivity contribution in [1.82, 2.24) is 10.2 Å². The zero-order chi connectivity index (χ0) is 49.9. The van der Waals surface area contributed by atoms with Crippen LogP contribution in [0.3, 0.4) is 0 Å². The van der Waals surface area contributed by atoms with Crippen molar-refractivity contribution < 1.29 is 9.53 Å². The second-order valence-electron chi connectivity index (χ2n) is 25.0. The smallest absolute Gasteiger partial charge is 0.407 e. The molecule has 1 N–H and O–H groups in total. The SMILES string of the molecule is C[C@@H]1CCCCCCCCCCCCCCCCCCCCCCCCCCCCCCCCCCCCCCCCCCCCCCC2(CC2)CN(Cc2ccccc2)CC1NC(=O)OC(C)(C)C. The van der Waals surface area contributed by atoms with E-state index >= 15 is 0 Å². The van der Waals surface area contributed by atoms with Crippen LogP contribution in [0.25, 0.3) is 0 Å². The van der Waals surface area contributed by atoms with Crippen molar-refractivity contribution in [2.24, 2.45) is 11.3 Å². The van der Waals surface area contributed by atoms with Crippen molar-refractivity contribution >= 4 is 6.09 Å². The fourth-order valence-corrected chi connectivity index (χ4v) is 11.9. The maximum absolute atomic E-state index is 13.3. The number of hydrogen-bond donors (Lipinski definition) is 1. The Balaban J connectivity index is 1.40. The maximum atomic E-state index is 13.3. The number of amides is 1. The standard InChI is InChI=1S/C66H122N2O2/c1-61-52-48-45-43-41-39-37-35-33-31-29-27-25-23-21-19-17-15-13-11-9-7-5-6-8-10-12-14-16-18-20-22-24-26-28-30-32-34-36-38-40-42-44-46-51-55-66(56-57-66)60-68(58-62-53-49-47-50-54-62)59-63(61)67-64(69)70-65(2,3)4/h47,49-50,53-54,61,63H,5-46,48,51-52,55-60H2,1-4H3,(H,67,69)/t61-,63?/m1/s1. The largest absolute Gasteiger partial charge is 0.444 e. The van der Waals surface area contributed by atoms with E-state index in [2.05, 4.69) is 47.5 Å². The highest BCUT2D eigenvalue weighted by Crippen LogP contribution is 2.51. The summed E-state index contributed by atoms with van der Waals surface area (Å²) in [6.07, 6.45) is 68.5. The Morgan fingerprint density at radius 3 is 1.07 bits per heavy atom. The molecule has 4 heteroatoms. The van der Waals surface area contributed by atoms with Crippen LogP contribution in [0, 0.1) is 11.3 Å². The Labute approximate surface area is 438 Å². The number of carbonyl (C=O) groups excluding carboxylic acids is 1. The van der Waals surface area contributed by atoms with Crippen molar-refractivity contribution in [2.75, 3.05) is 13.1 Å². The first-order valence-corrected chi connectivity index (χ1v) is 32.0. The summed E-state index contributed by atoms with van der Waals surface area (Å²) in [5, 5.41) is 3.42. The minimum absolute atomic E-state index is 0.0746. The van der Waals surface area contributed by atoms with E-state index in [4.69, 9.17) is 4.74 Å². The Bertz CT molecular complexity index is 1290. The Morgan fingerprint density at radius 1 is 0.471 bits per heavy atom. The van der Waals surface area contributed by atoms with Gasteiger partial charge in [0.2, 0.25) is 0 Å². The van der Waals surface area contributed by atoms with E-state index in [1.807, 2.05) is 20.8 Å². The Kier molecular flexibility index (Phi) is 38.3. The molecule has 1 aliphatic carbocycles. The molecule has 1 amide bonds. The van der Waals surface area contributed by atoms with E-state index in [1.165, 1.54) is 307 Å². The number of nitrogens with one attached hydrogen (secondary N) is 1. The highest BCUT2D eigenvalue weighted by molar-refractivity contribution is 5.68. The molecule has 3 rings (SSSR count). The lowest BCUT2D eigenvalue weighted by Crippen LogP contribution is -2.49. The number of benzene rings is 1. The molecule has 2 atom stereocenters. The van der Waals surface area contributed by atoms with Crippen LogP contribution in [0.1, 0.15) is 341 Å². The topological polar surface area (TPSA) is 41.6 Å². The second kappa shape index (κ2) is 42.8. The van der Waals surface area contributed by atoms with Crippen LogP contribution >= 0.6 is 0 Å². The molecule has 1 unspecified atom stereocenters. The molecule has 1 heterocycles. The van der Waals surface area contributed by atoms with Gasteiger partial charge in [0, 0.05) is 25.7 Å². The lowest BCUT2D eigenvalue weighted by molar-refractivity contribution is 0.0460. The first-order chi connectivity index (χ1) is 34.2. The third kappa shape index (κ3) is 37.2. The van der Waals surface area contributed by atoms with Crippen molar-refractivity contribution in [1.29, 1.82) is 0 Å². The minimum atomic E-state index is -0.501. The quantitative estimate of drug-likeness (QED) is 0.328. The van der Waals surface area contributed by atoms with Crippen molar-refractivity contribution in [3.8, 4) is 0 Å². The van der Waals surface area contributed by atoms with Crippen LogP contribution in [0.4, 0.5) is 4.79 Å². The van der Waals surface area contributed by atoms with Gasteiger partial charge in [-0.2, -0.15) is 0 Å². The molecule has 2 fully saturated rings. The van der Waals surface area contributed by atoms with Crippen LogP contribution in [0.2, 0.25) is 0 Å². The predicted molar refractivity (Wildman–Crippen MR) is 308 cm³/mol. The van der Waals surface area contributed by atoms with E-state index in [-0.39, 0.29) is 12.1 Å². The normalized spacial score (nSPS) is 24.7. The Hall–Kier alpha value is -1.55. The Morgan fingerprint density at radius 2 is 0.771 bits per heavy atom. The lowest BCUT2D eigenvalue weighted by atomic mass is 9.92.